The van der Waals surface area contributed by atoms with Crippen molar-refractivity contribution in [3.8, 4) is 0 Å². The normalized spacial score (nSPS) is 8.92. The molecule has 0 spiro atoms. The largest absolute Gasteiger partial charge is 0.359 e. The van der Waals surface area contributed by atoms with Crippen molar-refractivity contribution in [2.45, 2.75) is 0 Å². The van der Waals surface area contributed by atoms with Crippen LogP contribution < -0.4 is 5.32 Å². The van der Waals surface area contributed by atoms with Crippen LogP contribution >= 0.6 is 0 Å². The molecule has 1 rings (SSSR count). The van der Waals surface area contributed by atoms with E-state index in [0.717, 1.165) is 0 Å². The number of imide groups is 1. The summed E-state index contributed by atoms with van der Waals surface area (Å²) in [5, 5.41) is 2.00. The molecule has 0 aliphatic heterocycles. The van der Waals surface area contributed by atoms with Gasteiger partial charge >= 0.3 is 6.03 Å². The number of carbonyl (C=O) groups excluding carboxylic acids is 2. The quantitative estimate of drug-likeness (QED) is 0.732. The van der Waals surface area contributed by atoms with E-state index < -0.39 is 11.9 Å². The van der Waals surface area contributed by atoms with E-state index in [1.54, 1.807) is 30.3 Å². The topological polar surface area (TPSA) is 58.5 Å². The number of carbonyl (C=O) groups is 2. The van der Waals surface area contributed by atoms with Gasteiger partial charge in [-0.05, 0) is 12.1 Å². The minimum Gasteiger partial charge on any atom is -0.271 e. The molecule has 1 aromatic carbocycles. The highest BCUT2D eigenvalue weighted by Gasteiger charge is 2.07. The summed E-state index contributed by atoms with van der Waals surface area (Å²) in [7, 11) is 0. The molecule has 66 valence electrons. The summed E-state index contributed by atoms with van der Waals surface area (Å²) in [4.78, 5) is 21.8. The highest BCUT2D eigenvalue weighted by molar-refractivity contribution is 7.47. The Kier molecular flexibility index (Phi) is 3.22. The minimum atomic E-state index is -0.816. The summed E-state index contributed by atoms with van der Waals surface area (Å²) in [5.74, 6) is -0.501. The van der Waals surface area contributed by atoms with Gasteiger partial charge < -0.3 is 0 Å². The van der Waals surface area contributed by atoms with E-state index in [2.05, 4.69) is 16.8 Å². The third-order valence-electron chi connectivity index (χ3n) is 1.34. The number of benzene rings is 1. The first-order valence-electron chi connectivity index (χ1n) is 3.48. The molecule has 0 unspecified atom stereocenters. The zero-order valence-electron chi connectivity index (χ0n) is 6.56. The maximum atomic E-state index is 11.2. The fourth-order valence-corrected chi connectivity index (χ4v) is 0.827. The van der Waals surface area contributed by atoms with E-state index in [4.69, 9.17) is 0 Å². The van der Waals surface area contributed by atoms with Crippen molar-refractivity contribution >= 4 is 24.4 Å². The van der Waals surface area contributed by atoms with Crippen LogP contribution in [0.2, 0.25) is 0 Å². The molecular formula is C8H6N2O2S. The summed E-state index contributed by atoms with van der Waals surface area (Å²) < 4.78 is 2.87. The first kappa shape index (κ1) is 9.47. The van der Waals surface area contributed by atoms with Gasteiger partial charge in [0.05, 0.1) is 0 Å². The van der Waals surface area contributed by atoms with Crippen molar-refractivity contribution in [1.82, 2.24) is 5.32 Å². The summed E-state index contributed by atoms with van der Waals surface area (Å²) >= 11 is 4.10. The van der Waals surface area contributed by atoms with Crippen LogP contribution in [0, 0.1) is 0 Å². The van der Waals surface area contributed by atoms with E-state index >= 15 is 0 Å². The van der Waals surface area contributed by atoms with E-state index in [0.29, 0.717) is 5.56 Å². The lowest BCUT2D eigenvalue weighted by molar-refractivity contribution is 0.0966. The van der Waals surface area contributed by atoms with Crippen LogP contribution in [0.15, 0.2) is 34.7 Å². The Balaban J connectivity index is 2.70. The van der Waals surface area contributed by atoms with Gasteiger partial charge in [-0.3, -0.25) is 10.1 Å². The van der Waals surface area contributed by atoms with E-state index in [9.17, 15) is 9.59 Å². The van der Waals surface area contributed by atoms with E-state index in [1.807, 2.05) is 5.32 Å². The predicted molar refractivity (Wildman–Crippen MR) is 49.1 cm³/mol. The summed E-state index contributed by atoms with van der Waals surface area (Å²) in [6, 6.07) is 7.53. The van der Waals surface area contributed by atoms with Gasteiger partial charge in [0.1, 0.15) is 0 Å². The molecule has 0 aromatic heterocycles. The molecule has 1 aromatic rings. The summed E-state index contributed by atoms with van der Waals surface area (Å²) in [6.07, 6.45) is 0. The Hall–Kier alpha value is -1.62. The van der Waals surface area contributed by atoms with Crippen LogP contribution in [0.4, 0.5) is 4.79 Å². The Morgan fingerprint density at radius 1 is 1.23 bits per heavy atom. The van der Waals surface area contributed by atoms with Crippen LogP contribution in [0.25, 0.3) is 0 Å². The second-order valence-electron chi connectivity index (χ2n) is 2.22. The van der Waals surface area contributed by atoms with Crippen LogP contribution in [0.5, 0.6) is 0 Å². The van der Waals surface area contributed by atoms with Gasteiger partial charge in [0.25, 0.3) is 5.91 Å². The third-order valence-corrected chi connectivity index (χ3v) is 1.51. The molecule has 0 bridgehead atoms. The van der Waals surface area contributed by atoms with Gasteiger partial charge in [0.15, 0.2) is 0 Å². The van der Waals surface area contributed by atoms with Gasteiger partial charge in [-0.2, -0.15) is 0 Å². The fraction of sp³-hybridized carbons (Fsp3) is 0. The van der Waals surface area contributed by atoms with Crippen LogP contribution in [0.1, 0.15) is 10.4 Å². The Labute approximate surface area is 80.1 Å². The first-order chi connectivity index (χ1) is 6.24. The third kappa shape index (κ3) is 2.72. The second kappa shape index (κ2) is 4.42. The Morgan fingerprint density at radius 2 is 1.85 bits per heavy atom. The van der Waals surface area contributed by atoms with Crippen molar-refractivity contribution in [3.63, 3.8) is 0 Å². The van der Waals surface area contributed by atoms with Crippen LogP contribution in [-0.2, 0) is 12.4 Å². The molecule has 0 atom stereocenters. The molecule has 13 heavy (non-hydrogen) atoms. The fourth-order valence-electron chi connectivity index (χ4n) is 0.782. The summed E-state index contributed by atoms with van der Waals surface area (Å²) in [6.45, 7) is 0. The molecule has 0 aliphatic carbocycles. The van der Waals surface area contributed by atoms with Crippen LogP contribution in [-0.4, -0.2) is 11.9 Å². The lowest BCUT2D eigenvalue weighted by atomic mass is 10.2. The smallest absolute Gasteiger partial charge is 0.271 e. The molecule has 0 heterocycles. The minimum absolute atomic E-state index is 0.398. The molecule has 0 saturated heterocycles. The maximum absolute atomic E-state index is 11.2. The molecule has 1 N–H and O–H groups in total. The second-order valence-corrected chi connectivity index (χ2v) is 2.40. The Bertz CT molecular complexity index is 337. The lowest BCUT2D eigenvalue weighted by Crippen LogP contribution is -2.27. The first-order valence-corrected chi connectivity index (χ1v) is 3.84. The monoisotopic (exact) mass is 194 g/mol. The van der Waals surface area contributed by atoms with Crippen molar-refractivity contribution in [3.05, 3.63) is 35.9 Å². The highest BCUT2D eigenvalue weighted by atomic mass is 32.1. The lowest BCUT2D eigenvalue weighted by Gasteiger charge is -1.98. The molecule has 0 saturated carbocycles. The van der Waals surface area contributed by atoms with Gasteiger partial charge in [-0.25, -0.2) is 4.79 Å². The predicted octanol–water partition coefficient (Wildman–Crippen LogP) is 1.27. The number of nitrogens with one attached hydrogen (secondary N) is 1. The standard InChI is InChI=1S/C8H6N2O2S/c11-7(9-8(12)10-13)6-4-2-1-3-5-6/h1-5H,(H,9,11,12). The Morgan fingerprint density at radius 3 is 2.38 bits per heavy atom. The SMILES string of the molecule is O=C(N=S)NC(=O)c1ccccc1. The number of urea groups is 1. The van der Waals surface area contributed by atoms with Crippen molar-refractivity contribution in [2.24, 2.45) is 4.36 Å². The molecule has 0 fully saturated rings. The molecule has 5 heteroatoms. The number of amides is 3. The van der Waals surface area contributed by atoms with Gasteiger partial charge in [0, 0.05) is 18.0 Å². The maximum Gasteiger partial charge on any atom is 0.359 e. The number of nitrogens with zero attached hydrogens (tertiary/aromatic N) is 1. The van der Waals surface area contributed by atoms with E-state index in [-0.39, 0.29) is 0 Å². The van der Waals surface area contributed by atoms with Crippen LogP contribution in [0.3, 0.4) is 0 Å². The molecule has 4 nitrogen and oxygen atoms in total. The van der Waals surface area contributed by atoms with Crippen molar-refractivity contribution in [2.75, 3.05) is 0 Å². The van der Waals surface area contributed by atoms with Crippen molar-refractivity contribution in [1.29, 1.82) is 0 Å². The van der Waals surface area contributed by atoms with Crippen molar-refractivity contribution < 1.29 is 9.59 Å². The zero-order chi connectivity index (χ0) is 9.68. The zero-order valence-corrected chi connectivity index (χ0v) is 7.38. The number of rotatable bonds is 1. The number of hydrogen-bond donors (Lipinski definition) is 1. The van der Waals surface area contributed by atoms with Gasteiger partial charge in [-0.15, -0.1) is 4.36 Å². The average Bonchev–Trinajstić information content (AvgIpc) is 2.19. The molecule has 0 radical (unpaired) electrons. The number of hydrogen-bond acceptors (Lipinski definition) is 3. The molecular weight excluding hydrogens is 188 g/mol. The highest BCUT2D eigenvalue weighted by Crippen LogP contribution is 1.97. The average molecular weight is 194 g/mol. The summed E-state index contributed by atoms with van der Waals surface area (Å²) in [5.41, 5.74) is 0.398. The van der Waals surface area contributed by atoms with Gasteiger partial charge in [0.2, 0.25) is 0 Å². The molecule has 3 amide bonds. The van der Waals surface area contributed by atoms with Gasteiger partial charge in [-0.1, -0.05) is 18.2 Å². The molecule has 0 aliphatic rings. The van der Waals surface area contributed by atoms with E-state index in [1.165, 1.54) is 0 Å².